The molecule has 0 fully saturated rings. The Bertz CT molecular complexity index is 964. The summed E-state index contributed by atoms with van der Waals surface area (Å²) in [6.45, 7) is 4.40. The van der Waals surface area contributed by atoms with Crippen molar-refractivity contribution in [1.82, 2.24) is 5.43 Å². The van der Waals surface area contributed by atoms with Crippen LogP contribution in [0.4, 0.5) is 0 Å². The van der Waals surface area contributed by atoms with Gasteiger partial charge in [-0.1, -0.05) is 0 Å². The summed E-state index contributed by atoms with van der Waals surface area (Å²) in [6, 6.07) is 8.36. The first-order chi connectivity index (χ1) is 14.9. The van der Waals surface area contributed by atoms with Gasteiger partial charge in [0.2, 0.25) is 0 Å². The lowest BCUT2D eigenvalue weighted by molar-refractivity contribution is -0.119. The first-order valence-electron chi connectivity index (χ1n) is 9.41. The lowest BCUT2D eigenvalue weighted by atomic mass is 10.2. The maximum atomic E-state index is 12.4. The van der Waals surface area contributed by atoms with Gasteiger partial charge in [0, 0.05) is 5.56 Å². The highest BCUT2D eigenvalue weighted by Crippen LogP contribution is 2.33. The summed E-state index contributed by atoms with van der Waals surface area (Å²) < 4.78 is 22.4. The summed E-state index contributed by atoms with van der Waals surface area (Å²) in [5, 5.41) is 4.00. The third-order valence-corrected chi connectivity index (χ3v) is 4.60. The zero-order chi connectivity index (χ0) is 22.8. The van der Waals surface area contributed by atoms with Crippen molar-refractivity contribution in [3.8, 4) is 23.0 Å². The summed E-state index contributed by atoms with van der Waals surface area (Å²) in [5.41, 5.74) is 8.64. The van der Waals surface area contributed by atoms with Crippen LogP contribution in [0.15, 0.2) is 35.4 Å². The molecule has 0 aliphatic carbocycles. The van der Waals surface area contributed by atoms with E-state index >= 15 is 0 Å². The van der Waals surface area contributed by atoms with Gasteiger partial charge in [-0.3, -0.25) is 9.59 Å². The quantitative estimate of drug-likeness (QED) is 0.257. The van der Waals surface area contributed by atoms with Gasteiger partial charge in [-0.25, -0.2) is 5.43 Å². The van der Waals surface area contributed by atoms with E-state index in [1.165, 1.54) is 13.3 Å². The van der Waals surface area contributed by atoms with Crippen molar-refractivity contribution < 1.29 is 28.5 Å². The van der Waals surface area contributed by atoms with E-state index in [4.69, 9.17) is 24.7 Å². The Morgan fingerprint density at radius 2 is 1.77 bits per heavy atom. The van der Waals surface area contributed by atoms with Crippen LogP contribution in [0.1, 0.15) is 29.8 Å². The predicted octanol–water partition coefficient (Wildman–Crippen LogP) is 2.73. The molecule has 0 aliphatic rings. The van der Waals surface area contributed by atoms with E-state index in [2.05, 4.69) is 10.5 Å². The fourth-order valence-corrected chi connectivity index (χ4v) is 3.30. The van der Waals surface area contributed by atoms with Crippen molar-refractivity contribution in [3.63, 3.8) is 0 Å². The van der Waals surface area contributed by atoms with Gasteiger partial charge in [0.15, 0.2) is 29.6 Å². The van der Waals surface area contributed by atoms with Gasteiger partial charge in [0.25, 0.3) is 11.8 Å². The van der Waals surface area contributed by atoms with Crippen LogP contribution in [-0.4, -0.2) is 45.0 Å². The summed E-state index contributed by atoms with van der Waals surface area (Å²) >= 11 is 2.05. The third kappa shape index (κ3) is 7.02. The number of rotatable bonds is 11. The Labute approximate surface area is 194 Å². The normalized spacial score (nSPS) is 10.6. The molecule has 2 rings (SSSR count). The fourth-order valence-electron chi connectivity index (χ4n) is 2.52. The number of amides is 2. The summed E-state index contributed by atoms with van der Waals surface area (Å²) in [5.74, 6) is 0.891. The van der Waals surface area contributed by atoms with E-state index in [0.717, 1.165) is 0 Å². The van der Waals surface area contributed by atoms with Gasteiger partial charge >= 0.3 is 0 Å². The Kier molecular flexibility index (Phi) is 9.38. The predicted molar refractivity (Wildman–Crippen MR) is 124 cm³/mol. The average molecular weight is 541 g/mol. The van der Waals surface area contributed by atoms with Crippen LogP contribution in [0.3, 0.4) is 0 Å². The summed E-state index contributed by atoms with van der Waals surface area (Å²) in [4.78, 5) is 23.4. The minimum absolute atomic E-state index is 0.262. The second-order valence-electron chi connectivity index (χ2n) is 6.02. The van der Waals surface area contributed by atoms with E-state index in [0.29, 0.717) is 50.9 Å². The standard InChI is InChI=1S/C21H24IN3O6/c1-4-29-16-7-6-14(10-17(16)30-5-2)21(27)25-24-11-13-8-15(22)20(18(9-13)28-3)31-12-19(23)26/h6-11H,4-5,12H2,1-3H3,(H2,23,26)(H,25,27)/b24-11+. The van der Waals surface area contributed by atoms with E-state index < -0.39 is 11.8 Å². The van der Waals surface area contributed by atoms with Crippen LogP contribution < -0.4 is 30.1 Å². The van der Waals surface area contributed by atoms with Crippen molar-refractivity contribution in [2.45, 2.75) is 13.8 Å². The van der Waals surface area contributed by atoms with Crippen LogP contribution in [0.5, 0.6) is 23.0 Å². The van der Waals surface area contributed by atoms with Crippen LogP contribution >= 0.6 is 22.6 Å². The molecule has 3 N–H and O–H groups in total. The molecule has 166 valence electrons. The number of hydrazone groups is 1. The Morgan fingerprint density at radius 1 is 1.06 bits per heavy atom. The van der Waals surface area contributed by atoms with Gasteiger partial charge in [0.05, 0.1) is 30.1 Å². The van der Waals surface area contributed by atoms with Gasteiger partial charge < -0.3 is 24.7 Å². The number of nitrogens with one attached hydrogen (secondary N) is 1. The largest absolute Gasteiger partial charge is 0.493 e. The minimum atomic E-state index is -0.590. The number of primary amides is 1. The SMILES string of the molecule is CCOc1ccc(C(=O)N/N=C/c2cc(I)c(OCC(N)=O)c(OC)c2)cc1OCC. The van der Waals surface area contributed by atoms with Crippen LogP contribution in [0.25, 0.3) is 0 Å². The van der Waals surface area contributed by atoms with Gasteiger partial charge in [-0.05, 0) is 72.3 Å². The highest BCUT2D eigenvalue weighted by Gasteiger charge is 2.13. The molecular weight excluding hydrogens is 517 g/mol. The maximum absolute atomic E-state index is 12.4. The van der Waals surface area contributed by atoms with Crippen molar-refractivity contribution in [1.29, 1.82) is 0 Å². The maximum Gasteiger partial charge on any atom is 0.271 e. The zero-order valence-electron chi connectivity index (χ0n) is 17.4. The molecule has 0 bridgehead atoms. The van der Waals surface area contributed by atoms with E-state index in [-0.39, 0.29) is 6.61 Å². The molecule has 10 heteroatoms. The molecule has 9 nitrogen and oxygen atoms in total. The molecule has 0 saturated carbocycles. The molecule has 0 aliphatic heterocycles. The zero-order valence-corrected chi connectivity index (χ0v) is 19.6. The molecule has 0 saturated heterocycles. The molecule has 0 aromatic heterocycles. The Hall–Kier alpha value is -3.02. The van der Waals surface area contributed by atoms with Gasteiger partial charge in [0.1, 0.15) is 0 Å². The molecular formula is C21H24IN3O6. The fraction of sp³-hybridized carbons (Fsp3) is 0.286. The lowest BCUT2D eigenvalue weighted by Crippen LogP contribution is -2.20. The van der Waals surface area contributed by atoms with Gasteiger partial charge in [-0.15, -0.1) is 0 Å². The number of nitrogens with zero attached hydrogens (tertiary/aromatic N) is 1. The number of carbonyl (C=O) groups is 2. The first-order valence-corrected chi connectivity index (χ1v) is 10.5. The second-order valence-corrected chi connectivity index (χ2v) is 7.18. The monoisotopic (exact) mass is 541 g/mol. The topological polar surface area (TPSA) is 121 Å². The number of methoxy groups -OCH3 is 1. The number of hydrogen-bond acceptors (Lipinski definition) is 7. The number of carbonyl (C=O) groups excluding carboxylic acids is 2. The molecule has 2 amide bonds. The smallest absolute Gasteiger partial charge is 0.271 e. The number of hydrogen-bond donors (Lipinski definition) is 2. The van der Waals surface area contributed by atoms with Crippen molar-refractivity contribution in [2.75, 3.05) is 26.9 Å². The molecule has 2 aromatic rings. The molecule has 0 atom stereocenters. The second kappa shape index (κ2) is 12.0. The van der Waals surface area contributed by atoms with Crippen molar-refractivity contribution in [2.24, 2.45) is 10.8 Å². The van der Waals surface area contributed by atoms with E-state index in [9.17, 15) is 9.59 Å². The summed E-state index contributed by atoms with van der Waals surface area (Å²) in [6.07, 6.45) is 1.47. The molecule has 2 aromatic carbocycles. The molecule has 0 heterocycles. The Balaban J connectivity index is 2.12. The number of halogens is 1. The third-order valence-electron chi connectivity index (χ3n) is 3.80. The first kappa shape index (κ1) is 24.3. The molecule has 31 heavy (non-hydrogen) atoms. The highest BCUT2D eigenvalue weighted by molar-refractivity contribution is 14.1. The van der Waals surface area contributed by atoms with E-state index in [1.54, 1.807) is 30.3 Å². The van der Waals surface area contributed by atoms with Crippen molar-refractivity contribution >= 4 is 40.6 Å². The molecule has 0 radical (unpaired) electrons. The average Bonchev–Trinajstić information content (AvgIpc) is 2.73. The summed E-state index contributed by atoms with van der Waals surface area (Å²) in [7, 11) is 1.48. The van der Waals surface area contributed by atoms with Crippen molar-refractivity contribution in [3.05, 3.63) is 45.0 Å². The Morgan fingerprint density at radius 3 is 2.42 bits per heavy atom. The van der Waals surface area contributed by atoms with Crippen LogP contribution in [-0.2, 0) is 4.79 Å². The van der Waals surface area contributed by atoms with Crippen LogP contribution in [0.2, 0.25) is 0 Å². The lowest BCUT2D eigenvalue weighted by Gasteiger charge is -2.12. The molecule has 0 spiro atoms. The molecule has 0 unspecified atom stereocenters. The number of benzene rings is 2. The van der Waals surface area contributed by atoms with E-state index in [1.807, 2.05) is 36.4 Å². The number of nitrogens with two attached hydrogens (primary N) is 1. The van der Waals surface area contributed by atoms with Gasteiger partial charge in [-0.2, -0.15) is 5.10 Å². The van der Waals surface area contributed by atoms with Crippen LogP contribution in [0, 0.1) is 3.57 Å². The number of ether oxygens (including phenoxy) is 4. The minimum Gasteiger partial charge on any atom is -0.493 e. The highest BCUT2D eigenvalue weighted by atomic mass is 127.